The highest BCUT2D eigenvalue weighted by Crippen LogP contribution is 2.22. The van der Waals surface area contributed by atoms with Crippen molar-refractivity contribution in [3.05, 3.63) is 57.8 Å². The summed E-state index contributed by atoms with van der Waals surface area (Å²) in [4.78, 5) is 15.3. The maximum Gasteiger partial charge on any atom is 0.248 e. The highest BCUT2D eigenvalue weighted by atomic mass is 32.1. The van der Waals surface area contributed by atoms with Crippen LogP contribution < -0.4 is 5.32 Å². The van der Waals surface area contributed by atoms with Crippen molar-refractivity contribution in [1.82, 2.24) is 4.90 Å². The number of rotatable bonds is 3. The molecule has 0 spiro atoms. The lowest BCUT2D eigenvalue weighted by molar-refractivity contribution is -0.111. The third-order valence-corrected chi connectivity index (χ3v) is 4.46. The number of nitrogens with zero attached hydrogens (tertiary/aromatic N) is 1. The molecule has 1 aromatic heterocycles. The van der Waals surface area contributed by atoms with Gasteiger partial charge in [-0.05, 0) is 54.3 Å². The molecule has 2 aromatic rings. The molecule has 108 valence electrons. The van der Waals surface area contributed by atoms with Crippen LogP contribution in [-0.2, 0) is 17.8 Å². The number of amides is 1. The molecule has 4 heteroatoms. The van der Waals surface area contributed by atoms with Gasteiger partial charge in [-0.15, -0.1) is 11.3 Å². The summed E-state index contributed by atoms with van der Waals surface area (Å²) in [5.41, 5.74) is 3.56. The average Bonchev–Trinajstić information content (AvgIpc) is 2.98. The zero-order valence-electron chi connectivity index (χ0n) is 12.0. The number of fused-ring (bicyclic) bond motifs is 1. The molecule has 0 saturated carbocycles. The van der Waals surface area contributed by atoms with E-state index < -0.39 is 0 Å². The molecule has 3 rings (SSSR count). The topological polar surface area (TPSA) is 32.3 Å². The molecule has 1 amide bonds. The molecule has 0 bridgehead atoms. The van der Waals surface area contributed by atoms with Crippen molar-refractivity contribution in [1.29, 1.82) is 0 Å². The number of carbonyl (C=O) groups excluding carboxylic acids is 1. The first-order chi connectivity index (χ1) is 10.2. The molecule has 1 aliphatic heterocycles. The van der Waals surface area contributed by atoms with Gasteiger partial charge in [0.25, 0.3) is 0 Å². The van der Waals surface area contributed by atoms with Crippen LogP contribution in [-0.4, -0.2) is 24.4 Å². The van der Waals surface area contributed by atoms with E-state index in [0.29, 0.717) is 0 Å². The van der Waals surface area contributed by atoms with Crippen LogP contribution in [0.3, 0.4) is 0 Å². The second kappa shape index (κ2) is 6.24. The number of nitrogens with one attached hydrogen (secondary N) is 1. The SMILES string of the molecule is CN1CCc2ccc(NC(=O)C=Cc3cccs3)cc2C1. The molecule has 0 aliphatic carbocycles. The van der Waals surface area contributed by atoms with Crippen molar-refractivity contribution in [2.75, 3.05) is 18.9 Å². The normalized spacial score (nSPS) is 15.1. The van der Waals surface area contributed by atoms with E-state index in [1.54, 1.807) is 17.4 Å². The Morgan fingerprint density at radius 3 is 3.05 bits per heavy atom. The molecule has 1 aliphatic rings. The van der Waals surface area contributed by atoms with Gasteiger partial charge in [-0.3, -0.25) is 4.79 Å². The molecule has 0 unspecified atom stereocenters. The summed E-state index contributed by atoms with van der Waals surface area (Å²) in [7, 11) is 2.12. The van der Waals surface area contributed by atoms with Gasteiger partial charge in [-0.2, -0.15) is 0 Å². The summed E-state index contributed by atoms with van der Waals surface area (Å²) in [6.07, 6.45) is 4.50. The van der Waals surface area contributed by atoms with Crippen LogP contribution >= 0.6 is 11.3 Å². The minimum atomic E-state index is -0.0903. The van der Waals surface area contributed by atoms with Crippen LogP contribution in [0.2, 0.25) is 0 Å². The molecule has 1 N–H and O–H groups in total. The van der Waals surface area contributed by atoms with Crippen molar-refractivity contribution in [2.24, 2.45) is 0 Å². The van der Waals surface area contributed by atoms with Gasteiger partial charge in [0.15, 0.2) is 0 Å². The maximum atomic E-state index is 11.9. The number of likely N-dealkylation sites (N-methyl/N-ethyl adjacent to an activating group) is 1. The molecule has 0 fully saturated rings. The number of benzene rings is 1. The van der Waals surface area contributed by atoms with E-state index in [1.165, 1.54) is 11.1 Å². The Morgan fingerprint density at radius 2 is 2.24 bits per heavy atom. The number of thiophene rings is 1. The van der Waals surface area contributed by atoms with E-state index in [2.05, 4.69) is 29.4 Å². The fraction of sp³-hybridized carbons (Fsp3) is 0.235. The lowest BCUT2D eigenvalue weighted by Crippen LogP contribution is -2.26. The van der Waals surface area contributed by atoms with E-state index in [4.69, 9.17) is 0 Å². The number of hydrogen-bond donors (Lipinski definition) is 1. The van der Waals surface area contributed by atoms with Gasteiger partial charge < -0.3 is 10.2 Å². The van der Waals surface area contributed by atoms with Gasteiger partial charge in [0.2, 0.25) is 5.91 Å². The third-order valence-electron chi connectivity index (χ3n) is 3.62. The monoisotopic (exact) mass is 298 g/mol. The van der Waals surface area contributed by atoms with Gasteiger partial charge in [0.1, 0.15) is 0 Å². The summed E-state index contributed by atoms with van der Waals surface area (Å²) in [6.45, 7) is 2.05. The van der Waals surface area contributed by atoms with E-state index in [9.17, 15) is 4.79 Å². The lowest BCUT2D eigenvalue weighted by atomic mass is 9.99. The Hall–Kier alpha value is -1.91. The van der Waals surface area contributed by atoms with Crippen molar-refractivity contribution in [3.8, 4) is 0 Å². The quantitative estimate of drug-likeness (QED) is 0.881. The highest BCUT2D eigenvalue weighted by molar-refractivity contribution is 7.10. The van der Waals surface area contributed by atoms with Gasteiger partial charge >= 0.3 is 0 Å². The molecular weight excluding hydrogens is 280 g/mol. The smallest absolute Gasteiger partial charge is 0.248 e. The molecule has 3 nitrogen and oxygen atoms in total. The van der Waals surface area contributed by atoms with Crippen molar-refractivity contribution < 1.29 is 4.79 Å². The van der Waals surface area contributed by atoms with Gasteiger partial charge in [-0.1, -0.05) is 12.1 Å². The van der Waals surface area contributed by atoms with Crippen LogP contribution in [0.1, 0.15) is 16.0 Å². The van der Waals surface area contributed by atoms with Crippen LogP contribution in [0.15, 0.2) is 41.8 Å². The number of carbonyl (C=O) groups is 1. The van der Waals surface area contributed by atoms with Crippen molar-refractivity contribution >= 4 is 29.0 Å². The second-order valence-electron chi connectivity index (χ2n) is 5.31. The van der Waals surface area contributed by atoms with Gasteiger partial charge in [0, 0.05) is 29.7 Å². The molecule has 0 radical (unpaired) electrons. The zero-order valence-corrected chi connectivity index (χ0v) is 12.8. The minimum Gasteiger partial charge on any atom is -0.323 e. The standard InChI is InChI=1S/C17H18N2OS/c1-19-9-8-13-4-5-15(11-14(13)12-19)18-17(20)7-6-16-3-2-10-21-16/h2-7,10-11H,8-9,12H2,1H3,(H,18,20). The van der Waals surface area contributed by atoms with E-state index in [0.717, 1.165) is 30.1 Å². The van der Waals surface area contributed by atoms with Crippen molar-refractivity contribution in [3.63, 3.8) is 0 Å². The zero-order chi connectivity index (χ0) is 14.7. The van der Waals surface area contributed by atoms with Crippen LogP contribution in [0.5, 0.6) is 0 Å². The summed E-state index contributed by atoms with van der Waals surface area (Å²) in [5, 5.41) is 4.93. The summed E-state index contributed by atoms with van der Waals surface area (Å²) in [6, 6.07) is 10.2. The van der Waals surface area contributed by atoms with Gasteiger partial charge in [0.05, 0.1) is 0 Å². The fourth-order valence-corrected chi connectivity index (χ4v) is 3.12. The predicted molar refractivity (Wildman–Crippen MR) is 88.5 cm³/mol. The summed E-state index contributed by atoms with van der Waals surface area (Å²) >= 11 is 1.62. The Kier molecular flexibility index (Phi) is 4.18. The molecule has 2 heterocycles. The average molecular weight is 298 g/mol. The molecular formula is C17H18N2OS. The van der Waals surface area contributed by atoms with Gasteiger partial charge in [-0.25, -0.2) is 0 Å². The first-order valence-electron chi connectivity index (χ1n) is 7.03. The Balaban J connectivity index is 1.67. The predicted octanol–water partition coefficient (Wildman–Crippen LogP) is 3.39. The number of anilines is 1. The van der Waals surface area contributed by atoms with Crippen LogP contribution in [0, 0.1) is 0 Å². The van der Waals surface area contributed by atoms with E-state index in [1.807, 2.05) is 29.7 Å². The first kappa shape index (κ1) is 14.0. The lowest BCUT2D eigenvalue weighted by Gasteiger charge is -2.25. The highest BCUT2D eigenvalue weighted by Gasteiger charge is 2.13. The summed E-state index contributed by atoms with van der Waals surface area (Å²) < 4.78 is 0. The van der Waals surface area contributed by atoms with E-state index in [-0.39, 0.29) is 5.91 Å². The minimum absolute atomic E-state index is 0.0903. The Labute approximate surface area is 128 Å². The Morgan fingerprint density at radius 1 is 1.33 bits per heavy atom. The molecule has 1 aromatic carbocycles. The maximum absolute atomic E-state index is 11.9. The van der Waals surface area contributed by atoms with Crippen LogP contribution in [0.4, 0.5) is 5.69 Å². The Bertz CT molecular complexity index is 661. The fourth-order valence-electron chi connectivity index (χ4n) is 2.50. The molecule has 0 atom stereocenters. The molecule has 0 saturated heterocycles. The number of hydrogen-bond acceptors (Lipinski definition) is 3. The first-order valence-corrected chi connectivity index (χ1v) is 7.91. The third kappa shape index (κ3) is 3.60. The second-order valence-corrected chi connectivity index (χ2v) is 6.29. The van der Waals surface area contributed by atoms with E-state index >= 15 is 0 Å². The summed E-state index contributed by atoms with van der Waals surface area (Å²) in [5.74, 6) is -0.0903. The van der Waals surface area contributed by atoms with Crippen LogP contribution in [0.25, 0.3) is 6.08 Å². The molecule has 21 heavy (non-hydrogen) atoms. The largest absolute Gasteiger partial charge is 0.323 e. The van der Waals surface area contributed by atoms with Crippen molar-refractivity contribution in [2.45, 2.75) is 13.0 Å².